The Morgan fingerprint density at radius 2 is 2.20 bits per heavy atom. The van der Waals surface area contributed by atoms with Crippen LogP contribution in [0.3, 0.4) is 0 Å². The second-order valence-electron chi connectivity index (χ2n) is 5.22. The number of carbonyl (C=O) groups excluding carboxylic acids is 1. The molecule has 0 bridgehead atoms. The minimum Gasteiger partial charge on any atom is -0.383 e. The Morgan fingerprint density at radius 3 is 3.05 bits per heavy atom. The van der Waals surface area contributed by atoms with Gasteiger partial charge in [-0.3, -0.25) is 4.79 Å². The molecule has 0 radical (unpaired) electrons. The average molecular weight is 276 g/mol. The van der Waals surface area contributed by atoms with Crippen LogP contribution in [0.15, 0.2) is 24.3 Å². The molecular formula is C16H24N2O2. The number of rotatable bonds is 6. The highest BCUT2D eigenvalue weighted by Gasteiger charge is 2.18. The third-order valence-electron chi connectivity index (χ3n) is 3.76. The number of hydrogen-bond donors (Lipinski definition) is 2. The predicted molar refractivity (Wildman–Crippen MR) is 79.6 cm³/mol. The van der Waals surface area contributed by atoms with Crippen LogP contribution >= 0.6 is 0 Å². The van der Waals surface area contributed by atoms with Gasteiger partial charge in [0.1, 0.15) is 0 Å². The molecule has 110 valence electrons. The van der Waals surface area contributed by atoms with E-state index in [1.165, 1.54) is 24.0 Å². The second kappa shape index (κ2) is 8.02. The Morgan fingerprint density at radius 1 is 1.35 bits per heavy atom. The number of amides is 1. The van der Waals surface area contributed by atoms with Crippen LogP contribution in [-0.2, 0) is 16.0 Å². The van der Waals surface area contributed by atoms with Crippen molar-refractivity contribution >= 4 is 5.91 Å². The molecule has 0 aromatic heterocycles. The molecule has 0 saturated heterocycles. The van der Waals surface area contributed by atoms with E-state index in [0.717, 1.165) is 12.8 Å². The summed E-state index contributed by atoms with van der Waals surface area (Å²) in [6.45, 7) is 1.49. The number of fused-ring (bicyclic) bond motifs is 1. The highest BCUT2D eigenvalue weighted by Crippen LogP contribution is 2.28. The van der Waals surface area contributed by atoms with Gasteiger partial charge in [0, 0.05) is 19.7 Å². The van der Waals surface area contributed by atoms with E-state index in [2.05, 4.69) is 34.9 Å². The summed E-state index contributed by atoms with van der Waals surface area (Å²) in [6, 6.07) is 8.85. The van der Waals surface area contributed by atoms with Crippen LogP contribution in [-0.4, -0.2) is 32.7 Å². The molecule has 1 atom stereocenters. The quantitative estimate of drug-likeness (QED) is 0.615. The van der Waals surface area contributed by atoms with Gasteiger partial charge < -0.3 is 15.4 Å². The summed E-state index contributed by atoms with van der Waals surface area (Å²) >= 11 is 0. The first-order valence-electron chi connectivity index (χ1n) is 7.38. The van der Waals surface area contributed by atoms with Crippen molar-refractivity contribution in [2.24, 2.45) is 0 Å². The predicted octanol–water partition coefficient (Wildman–Crippen LogP) is 1.81. The molecule has 1 aromatic rings. The molecule has 0 fully saturated rings. The number of hydrogen-bond acceptors (Lipinski definition) is 3. The van der Waals surface area contributed by atoms with Crippen molar-refractivity contribution in [3.63, 3.8) is 0 Å². The van der Waals surface area contributed by atoms with Crippen molar-refractivity contribution < 1.29 is 9.53 Å². The Balaban J connectivity index is 1.87. The molecule has 0 aliphatic heterocycles. The normalized spacial score (nSPS) is 18.1. The van der Waals surface area contributed by atoms with Crippen LogP contribution in [0, 0.1) is 0 Å². The molecule has 20 heavy (non-hydrogen) atoms. The van der Waals surface area contributed by atoms with Crippen LogP contribution in [0.5, 0.6) is 0 Å². The Labute approximate surface area is 120 Å². The molecule has 0 heterocycles. The summed E-state index contributed by atoms with van der Waals surface area (Å²) in [5, 5.41) is 6.23. The fourth-order valence-corrected chi connectivity index (χ4v) is 2.70. The molecule has 1 aromatic carbocycles. The van der Waals surface area contributed by atoms with Gasteiger partial charge in [0.05, 0.1) is 13.2 Å². The molecule has 1 aliphatic rings. The van der Waals surface area contributed by atoms with E-state index in [-0.39, 0.29) is 5.91 Å². The summed E-state index contributed by atoms with van der Waals surface area (Å²) in [6.07, 6.45) is 4.68. The van der Waals surface area contributed by atoms with Gasteiger partial charge in [0.25, 0.3) is 0 Å². The topological polar surface area (TPSA) is 50.4 Å². The lowest BCUT2D eigenvalue weighted by Crippen LogP contribution is -2.37. The lowest BCUT2D eigenvalue weighted by atomic mass is 9.99. The van der Waals surface area contributed by atoms with E-state index in [0.29, 0.717) is 25.7 Å². The Kier molecular flexibility index (Phi) is 6.02. The fourth-order valence-electron chi connectivity index (χ4n) is 2.70. The van der Waals surface area contributed by atoms with Crippen molar-refractivity contribution in [3.8, 4) is 0 Å². The summed E-state index contributed by atoms with van der Waals surface area (Å²) < 4.78 is 4.91. The van der Waals surface area contributed by atoms with Gasteiger partial charge in [-0.1, -0.05) is 30.7 Å². The lowest BCUT2D eigenvalue weighted by Gasteiger charge is -2.19. The van der Waals surface area contributed by atoms with E-state index in [1.807, 2.05) is 0 Å². The summed E-state index contributed by atoms with van der Waals surface area (Å²) in [7, 11) is 1.63. The maximum atomic E-state index is 11.7. The average Bonchev–Trinajstić information content (AvgIpc) is 2.68. The van der Waals surface area contributed by atoms with Crippen LogP contribution < -0.4 is 10.6 Å². The first-order valence-corrected chi connectivity index (χ1v) is 7.38. The molecule has 1 unspecified atom stereocenters. The van der Waals surface area contributed by atoms with Crippen LogP contribution in [0.4, 0.5) is 0 Å². The maximum absolute atomic E-state index is 11.7. The monoisotopic (exact) mass is 276 g/mol. The van der Waals surface area contributed by atoms with Gasteiger partial charge in [0.2, 0.25) is 5.91 Å². The second-order valence-corrected chi connectivity index (χ2v) is 5.22. The summed E-state index contributed by atoms with van der Waals surface area (Å²) in [5.74, 6) is 0.0313. The smallest absolute Gasteiger partial charge is 0.234 e. The number of ether oxygens (including phenoxy) is 1. The largest absolute Gasteiger partial charge is 0.383 e. The van der Waals surface area contributed by atoms with Crippen molar-refractivity contribution in [3.05, 3.63) is 35.4 Å². The van der Waals surface area contributed by atoms with Crippen molar-refractivity contribution in [2.75, 3.05) is 26.8 Å². The van der Waals surface area contributed by atoms with E-state index in [9.17, 15) is 4.79 Å². The number of carbonyl (C=O) groups is 1. The third kappa shape index (κ3) is 4.32. The van der Waals surface area contributed by atoms with Gasteiger partial charge in [-0.15, -0.1) is 0 Å². The van der Waals surface area contributed by atoms with E-state index < -0.39 is 0 Å². The SMILES string of the molecule is COCCNC(=O)CNC1CCCCc2ccccc21. The molecule has 2 N–H and O–H groups in total. The van der Waals surface area contributed by atoms with Crippen LogP contribution in [0.2, 0.25) is 0 Å². The van der Waals surface area contributed by atoms with E-state index in [1.54, 1.807) is 7.11 Å². The third-order valence-corrected chi connectivity index (χ3v) is 3.76. The standard InChI is InChI=1S/C16H24N2O2/c1-20-11-10-17-16(19)12-18-15-9-5-3-7-13-6-2-4-8-14(13)15/h2,4,6,8,15,18H,3,5,7,9-12H2,1H3,(H,17,19). The van der Waals surface area contributed by atoms with Gasteiger partial charge in [-0.25, -0.2) is 0 Å². The molecule has 2 rings (SSSR count). The fraction of sp³-hybridized carbons (Fsp3) is 0.562. The molecule has 1 aliphatic carbocycles. The first kappa shape index (κ1) is 15.0. The highest BCUT2D eigenvalue weighted by molar-refractivity contribution is 5.78. The highest BCUT2D eigenvalue weighted by atomic mass is 16.5. The zero-order valence-electron chi connectivity index (χ0n) is 12.2. The Hall–Kier alpha value is -1.39. The zero-order valence-corrected chi connectivity index (χ0v) is 12.2. The summed E-state index contributed by atoms with van der Waals surface area (Å²) in [5.41, 5.74) is 2.77. The van der Waals surface area contributed by atoms with Crippen molar-refractivity contribution in [2.45, 2.75) is 31.7 Å². The van der Waals surface area contributed by atoms with Crippen molar-refractivity contribution in [1.29, 1.82) is 0 Å². The number of nitrogens with one attached hydrogen (secondary N) is 2. The number of benzene rings is 1. The number of aryl methyl sites for hydroxylation is 1. The minimum atomic E-state index is 0.0313. The first-order chi connectivity index (χ1) is 9.81. The van der Waals surface area contributed by atoms with Gasteiger partial charge in [-0.05, 0) is 30.4 Å². The van der Waals surface area contributed by atoms with Crippen LogP contribution in [0.1, 0.15) is 36.4 Å². The molecular weight excluding hydrogens is 252 g/mol. The lowest BCUT2D eigenvalue weighted by molar-refractivity contribution is -0.120. The molecule has 0 spiro atoms. The van der Waals surface area contributed by atoms with Gasteiger partial charge in [-0.2, -0.15) is 0 Å². The summed E-state index contributed by atoms with van der Waals surface area (Å²) in [4.78, 5) is 11.7. The molecule has 1 amide bonds. The van der Waals surface area contributed by atoms with Crippen LogP contribution in [0.25, 0.3) is 0 Å². The van der Waals surface area contributed by atoms with Gasteiger partial charge >= 0.3 is 0 Å². The van der Waals surface area contributed by atoms with E-state index >= 15 is 0 Å². The minimum absolute atomic E-state index is 0.0313. The zero-order chi connectivity index (χ0) is 14.2. The molecule has 4 heteroatoms. The molecule has 4 nitrogen and oxygen atoms in total. The molecule has 0 saturated carbocycles. The number of methoxy groups -OCH3 is 1. The van der Waals surface area contributed by atoms with E-state index in [4.69, 9.17) is 4.74 Å². The van der Waals surface area contributed by atoms with Gasteiger partial charge in [0.15, 0.2) is 0 Å². The Bertz CT molecular complexity index is 434. The van der Waals surface area contributed by atoms with Crippen molar-refractivity contribution in [1.82, 2.24) is 10.6 Å². The maximum Gasteiger partial charge on any atom is 0.234 e.